The largest absolute Gasteiger partial charge is 0.364 e. The molecule has 1 aromatic heterocycles. The lowest BCUT2D eigenvalue weighted by molar-refractivity contribution is 0.846. The van der Waals surface area contributed by atoms with Crippen LogP contribution in [0.4, 0.5) is 5.69 Å². The van der Waals surface area contributed by atoms with Gasteiger partial charge in [0.1, 0.15) is 0 Å². The van der Waals surface area contributed by atoms with Crippen LogP contribution in [0.1, 0.15) is 18.4 Å². The van der Waals surface area contributed by atoms with Crippen molar-refractivity contribution in [3.05, 3.63) is 36.7 Å². The topological polar surface area (TPSA) is 42.2 Å². The van der Waals surface area contributed by atoms with Crippen LogP contribution in [-0.2, 0) is 6.54 Å². The van der Waals surface area contributed by atoms with Gasteiger partial charge in [0.25, 0.3) is 0 Å². The highest BCUT2D eigenvalue weighted by molar-refractivity contribution is 5.54. The predicted molar refractivity (Wildman–Crippen MR) is 62.7 cm³/mol. The van der Waals surface area contributed by atoms with E-state index in [0.717, 1.165) is 12.1 Å². The molecule has 2 N–H and O–H groups in total. The van der Waals surface area contributed by atoms with Crippen LogP contribution in [0.25, 0.3) is 0 Å². The van der Waals surface area contributed by atoms with E-state index in [2.05, 4.69) is 16.5 Å². The first-order chi connectivity index (χ1) is 7.36. The molecule has 0 spiro atoms. The third-order valence-electron chi connectivity index (χ3n) is 2.72. The molecule has 1 aromatic rings. The van der Waals surface area contributed by atoms with E-state index in [9.17, 15) is 0 Å². The van der Waals surface area contributed by atoms with Gasteiger partial charge in [-0.15, -0.1) is 6.58 Å². The summed E-state index contributed by atoms with van der Waals surface area (Å²) in [5.74, 6) is 0. The smallest absolute Gasteiger partial charge is 0.0448 e. The maximum Gasteiger partial charge on any atom is 0.0448 e. The van der Waals surface area contributed by atoms with Crippen molar-refractivity contribution in [1.29, 1.82) is 0 Å². The molecule has 0 amide bonds. The second-order valence-electron chi connectivity index (χ2n) is 3.88. The average Bonchev–Trinajstić information content (AvgIpc) is 3.10. The Morgan fingerprint density at radius 3 is 3.00 bits per heavy atom. The number of nitrogens with two attached hydrogens (primary N) is 1. The zero-order valence-electron chi connectivity index (χ0n) is 8.89. The standard InChI is InChI=1S/C12H17N3/c1-2-7-15(11-3-4-11)12-5-6-14-9-10(12)8-13/h2,5-6,9,11H,1,3-4,7-8,13H2. The van der Waals surface area contributed by atoms with Gasteiger partial charge in [-0.05, 0) is 18.9 Å². The van der Waals surface area contributed by atoms with Crippen LogP contribution < -0.4 is 10.6 Å². The second kappa shape index (κ2) is 4.45. The lowest BCUT2D eigenvalue weighted by Gasteiger charge is -2.25. The van der Waals surface area contributed by atoms with Crippen molar-refractivity contribution in [1.82, 2.24) is 4.98 Å². The minimum absolute atomic E-state index is 0.545. The quantitative estimate of drug-likeness (QED) is 0.740. The fraction of sp³-hybridized carbons (Fsp3) is 0.417. The molecule has 15 heavy (non-hydrogen) atoms. The van der Waals surface area contributed by atoms with Crippen LogP contribution in [0.2, 0.25) is 0 Å². The van der Waals surface area contributed by atoms with E-state index in [-0.39, 0.29) is 0 Å². The maximum absolute atomic E-state index is 5.71. The van der Waals surface area contributed by atoms with Gasteiger partial charge >= 0.3 is 0 Å². The molecule has 0 radical (unpaired) electrons. The monoisotopic (exact) mass is 203 g/mol. The Balaban J connectivity index is 2.27. The number of pyridine rings is 1. The highest BCUT2D eigenvalue weighted by Crippen LogP contribution is 2.32. The van der Waals surface area contributed by atoms with Gasteiger partial charge < -0.3 is 10.6 Å². The highest BCUT2D eigenvalue weighted by atomic mass is 15.2. The molecule has 3 nitrogen and oxygen atoms in total. The molecule has 0 bridgehead atoms. The van der Waals surface area contributed by atoms with Crippen LogP contribution >= 0.6 is 0 Å². The number of rotatable bonds is 5. The lowest BCUT2D eigenvalue weighted by Crippen LogP contribution is -2.27. The first kappa shape index (κ1) is 10.2. The zero-order chi connectivity index (χ0) is 10.7. The number of aromatic nitrogens is 1. The molecular formula is C12H17N3. The Labute approximate surface area is 90.6 Å². The van der Waals surface area contributed by atoms with Crippen LogP contribution in [0.3, 0.4) is 0 Å². The van der Waals surface area contributed by atoms with Crippen LogP contribution in [0.5, 0.6) is 0 Å². The molecule has 80 valence electrons. The normalized spacial score (nSPS) is 15.0. The molecule has 1 fully saturated rings. The minimum Gasteiger partial charge on any atom is -0.364 e. The molecule has 1 saturated carbocycles. The summed E-state index contributed by atoms with van der Waals surface area (Å²) in [5, 5.41) is 0. The fourth-order valence-corrected chi connectivity index (χ4v) is 1.83. The summed E-state index contributed by atoms with van der Waals surface area (Å²) in [4.78, 5) is 6.48. The molecule has 0 aliphatic heterocycles. The Hall–Kier alpha value is -1.35. The number of nitrogens with zero attached hydrogens (tertiary/aromatic N) is 2. The summed E-state index contributed by atoms with van der Waals surface area (Å²) in [7, 11) is 0. The number of anilines is 1. The molecule has 3 heteroatoms. The summed E-state index contributed by atoms with van der Waals surface area (Å²) in [5.41, 5.74) is 8.05. The second-order valence-corrected chi connectivity index (χ2v) is 3.88. The van der Waals surface area contributed by atoms with Gasteiger partial charge in [0.15, 0.2) is 0 Å². The van der Waals surface area contributed by atoms with Crippen LogP contribution in [0.15, 0.2) is 31.1 Å². The van der Waals surface area contributed by atoms with Gasteiger partial charge in [0.2, 0.25) is 0 Å². The van der Waals surface area contributed by atoms with Crippen molar-refractivity contribution in [2.45, 2.75) is 25.4 Å². The number of hydrogen-bond acceptors (Lipinski definition) is 3. The van der Waals surface area contributed by atoms with Gasteiger partial charge in [-0.2, -0.15) is 0 Å². The van der Waals surface area contributed by atoms with Crippen molar-refractivity contribution in [3.63, 3.8) is 0 Å². The first-order valence-corrected chi connectivity index (χ1v) is 5.37. The van der Waals surface area contributed by atoms with E-state index in [1.807, 2.05) is 24.5 Å². The van der Waals surface area contributed by atoms with Crippen molar-refractivity contribution >= 4 is 5.69 Å². The predicted octanol–water partition coefficient (Wildman–Crippen LogP) is 1.70. The molecule has 2 rings (SSSR count). The van der Waals surface area contributed by atoms with Crippen molar-refractivity contribution in [2.24, 2.45) is 5.73 Å². The first-order valence-electron chi connectivity index (χ1n) is 5.37. The van der Waals surface area contributed by atoms with Gasteiger partial charge in [-0.1, -0.05) is 6.08 Å². The third kappa shape index (κ3) is 2.18. The minimum atomic E-state index is 0.545. The van der Waals surface area contributed by atoms with Gasteiger partial charge in [0, 0.05) is 42.8 Å². The van der Waals surface area contributed by atoms with E-state index in [1.54, 1.807) is 0 Å². The van der Waals surface area contributed by atoms with Crippen molar-refractivity contribution in [3.8, 4) is 0 Å². The van der Waals surface area contributed by atoms with E-state index < -0.39 is 0 Å². The highest BCUT2D eigenvalue weighted by Gasteiger charge is 2.29. The molecule has 0 atom stereocenters. The van der Waals surface area contributed by atoms with Crippen molar-refractivity contribution in [2.75, 3.05) is 11.4 Å². The van der Waals surface area contributed by atoms with E-state index >= 15 is 0 Å². The summed E-state index contributed by atoms with van der Waals surface area (Å²) >= 11 is 0. The van der Waals surface area contributed by atoms with E-state index in [1.165, 1.54) is 18.5 Å². The Kier molecular flexibility index (Phi) is 3.02. The molecule has 1 heterocycles. The van der Waals surface area contributed by atoms with Gasteiger partial charge in [-0.25, -0.2) is 0 Å². The van der Waals surface area contributed by atoms with Crippen LogP contribution in [-0.4, -0.2) is 17.6 Å². The lowest BCUT2D eigenvalue weighted by atomic mass is 10.2. The Bertz CT molecular complexity index is 344. The zero-order valence-corrected chi connectivity index (χ0v) is 8.89. The fourth-order valence-electron chi connectivity index (χ4n) is 1.83. The SMILES string of the molecule is C=CCN(c1ccncc1CN)C1CC1. The molecule has 0 aromatic carbocycles. The summed E-state index contributed by atoms with van der Waals surface area (Å²) in [6, 6.07) is 2.72. The molecule has 0 unspecified atom stereocenters. The number of hydrogen-bond donors (Lipinski definition) is 1. The van der Waals surface area contributed by atoms with E-state index in [0.29, 0.717) is 12.6 Å². The maximum atomic E-state index is 5.71. The van der Waals surface area contributed by atoms with Gasteiger partial charge in [-0.3, -0.25) is 4.98 Å². The van der Waals surface area contributed by atoms with E-state index in [4.69, 9.17) is 5.73 Å². The third-order valence-corrected chi connectivity index (χ3v) is 2.72. The Morgan fingerprint density at radius 1 is 1.60 bits per heavy atom. The van der Waals surface area contributed by atoms with Gasteiger partial charge in [0.05, 0.1) is 0 Å². The molecule has 0 saturated heterocycles. The molecule has 1 aliphatic carbocycles. The summed E-state index contributed by atoms with van der Waals surface area (Å²) < 4.78 is 0. The van der Waals surface area contributed by atoms with Crippen LogP contribution in [0, 0.1) is 0 Å². The molecular weight excluding hydrogens is 186 g/mol. The van der Waals surface area contributed by atoms with Crippen molar-refractivity contribution < 1.29 is 0 Å². The average molecular weight is 203 g/mol. The Morgan fingerprint density at radius 2 is 2.40 bits per heavy atom. The molecule has 1 aliphatic rings. The summed E-state index contributed by atoms with van der Waals surface area (Å²) in [6.07, 6.45) is 8.18. The summed E-state index contributed by atoms with van der Waals surface area (Å²) in [6.45, 7) is 5.24.